The van der Waals surface area contributed by atoms with Crippen molar-refractivity contribution in [3.05, 3.63) is 178 Å². The lowest BCUT2D eigenvalue weighted by Gasteiger charge is -2.46. The fraction of sp³-hybridized carbons (Fsp3) is 0.211. The zero-order valence-corrected chi connectivity index (χ0v) is 24.4. The summed E-state index contributed by atoms with van der Waals surface area (Å²) in [5.74, 6) is 0. The molecule has 0 radical (unpaired) electrons. The first-order chi connectivity index (χ1) is 20.7. The molecule has 5 aromatic rings. The topological polar surface area (TPSA) is 32.7 Å². The average molecular weight is 574 g/mol. The summed E-state index contributed by atoms with van der Waals surface area (Å²) in [6.45, 7) is 2.29. The molecular weight excluding hydrogens is 538 g/mol. The number of hydrogen-bond acceptors (Lipinski definition) is 3. The third kappa shape index (κ3) is 5.66. The van der Waals surface area contributed by atoms with Crippen LogP contribution in [0.15, 0.2) is 140 Å². The molecule has 4 heteroatoms. The Kier molecular flexibility index (Phi) is 8.83. The van der Waals surface area contributed by atoms with Gasteiger partial charge in [0.2, 0.25) is 0 Å². The molecule has 1 aliphatic heterocycles. The summed E-state index contributed by atoms with van der Waals surface area (Å²) in [6, 6.07) is 47.2. The maximum Gasteiger partial charge on any atom is 0.109 e. The lowest BCUT2D eigenvalue weighted by atomic mass is 9.74. The van der Waals surface area contributed by atoms with Crippen LogP contribution in [0.2, 0.25) is 5.02 Å². The summed E-state index contributed by atoms with van der Waals surface area (Å²) < 4.78 is 6.51. The highest BCUT2D eigenvalue weighted by molar-refractivity contribution is 6.31. The number of aliphatic hydroxyl groups excluding tert-OH is 1. The van der Waals surface area contributed by atoms with Gasteiger partial charge in [0.05, 0.1) is 6.61 Å². The Morgan fingerprint density at radius 2 is 1.17 bits per heavy atom. The van der Waals surface area contributed by atoms with Crippen molar-refractivity contribution >= 4 is 11.6 Å². The lowest BCUT2D eigenvalue weighted by Crippen LogP contribution is -2.50. The van der Waals surface area contributed by atoms with E-state index in [-0.39, 0.29) is 6.10 Å². The second-order valence-electron chi connectivity index (χ2n) is 11.0. The van der Waals surface area contributed by atoms with Gasteiger partial charge in [-0.05, 0) is 59.8 Å². The van der Waals surface area contributed by atoms with E-state index in [0.29, 0.717) is 11.6 Å². The van der Waals surface area contributed by atoms with E-state index in [9.17, 15) is 5.11 Å². The molecule has 0 aliphatic carbocycles. The maximum absolute atomic E-state index is 12.3. The number of nitrogens with zero attached hydrogens (tertiary/aromatic N) is 1. The molecule has 1 aliphatic rings. The van der Waals surface area contributed by atoms with Crippen LogP contribution in [0.1, 0.15) is 58.4 Å². The second-order valence-corrected chi connectivity index (χ2v) is 11.4. The van der Waals surface area contributed by atoms with Crippen molar-refractivity contribution in [2.45, 2.75) is 37.2 Å². The van der Waals surface area contributed by atoms with Crippen LogP contribution < -0.4 is 0 Å². The summed E-state index contributed by atoms with van der Waals surface area (Å²) in [4.78, 5) is 2.47. The van der Waals surface area contributed by atoms with Crippen LogP contribution >= 0.6 is 11.6 Å². The van der Waals surface area contributed by atoms with Gasteiger partial charge in [-0.25, -0.2) is 0 Å². The molecule has 0 aromatic heterocycles. The van der Waals surface area contributed by atoms with Crippen LogP contribution in [0.25, 0.3) is 0 Å². The van der Waals surface area contributed by atoms with Crippen LogP contribution in [0.4, 0.5) is 0 Å². The van der Waals surface area contributed by atoms with E-state index in [1.807, 2.05) is 66.7 Å². The molecular formula is C38H36ClNO2. The molecule has 6 rings (SSSR count). The molecule has 3 nitrogen and oxygen atoms in total. The average Bonchev–Trinajstić information content (AvgIpc) is 3.59. The van der Waals surface area contributed by atoms with Gasteiger partial charge >= 0.3 is 0 Å². The van der Waals surface area contributed by atoms with Gasteiger partial charge in [-0.15, -0.1) is 0 Å². The number of aliphatic hydroxyl groups is 1. The highest BCUT2D eigenvalue weighted by Crippen LogP contribution is 2.47. The standard InChI is InChI=1S/C38H36ClNO2/c39-35-21-11-10-20-34(35)36(30-14-4-1-5-15-30)42-28-29-22-24-31(25-23-29)37(41)38(40-26-12-13-27-40,32-16-6-2-7-17-32)33-18-8-3-9-19-33/h1-11,14-25,36-37,41H,12-13,26-28H2/t36?,37-/m0/s1. The monoisotopic (exact) mass is 573 g/mol. The van der Waals surface area contributed by atoms with Gasteiger partial charge < -0.3 is 9.84 Å². The van der Waals surface area contributed by atoms with E-state index in [4.69, 9.17) is 16.3 Å². The van der Waals surface area contributed by atoms with Gasteiger partial charge in [0, 0.05) is 10.6 Å². The van der Waals surface area contributed by atoms with Crippen LogP contribution in [0, 0.1) is 0 Å². The minimum atomic E-state index is -0.768. The van der Waals surface area contributed by atoms with Crippen molar-refractivity contribution in [1.82, 2.24) is 4.90 Å². The first kappa shape index (κ1) is 28.4. The summed E-state index contributed by atoms with van der Waals surface area (Å²) in [6.07, 6.45) is 1.19. The van der Waals surface area contributed by atoms with E-state index >= 15 is 0 Å². The summed E-state index contributed by atoms with van der Waals surface area (Å²) in [5, 5.41) is 13.0. The van der Waals surface area contributed by atoms with Crippen molar-refractivity contribution in [1.29, 1.82) is 0 Å². The molecule has 1 N–H and O–H groups in total. The number of likely N-dealkylation sites (tertiary alicyclic amines) is 1. The Labute approximate surface area is 254 Å². The number of rotatable bonds is 10. The Hall–Kier alpha value is -3.73. The van der Waals surface area contributed by atoms with Gasteiger partial charge in [0.1, 0.15) is 17.7 Å². The molecule has 212 valence electrons. The van der Waals surface area contributed by atoms with E-state index in [1.54, 1.807) is 0 Å². The Morgan fingerprint density at radius 3 is 1.74 bits per heavy atom. The number of benzene rings is 5. The summed E-state index contributed by atoms with van der Waals surface area (Å²) in [5.41, 5.74) is 5.41. The Morgan fingerprint density at radius 1 is 0.643 bits per heavy atom. The highest BCUT2D eigenvalue weighted by Gasteiger charge is 2.47. The smallest absolute Gasteiger partial charge is 0.109 e. The molecule has 0 amide bonds. The second kappa shape index (κ2) is 13.1. The predicted molar refractivity (Wildman–Crippen MR) is 170 cm³/mol. The van der Waals surface area contributed by atoms with Crippen molar-refractivity contribution in [3.63, 3.8) is 0 Å². The molecule has 0 spiro atoms. The maximum atomic E-state index is 12.3. The number of hydrogen-bond donors (Lipinski definition) is 1. The summed E-state index contributed by atoms with van der Waals surface area (Å²) in [7, 11) is 0. The van der Waals surface area contributed by atoms with Crippen LogP contribution in [-0.2, 0) is 16.9 Å². The molecule has 1 unspecified atom stereocenters. The summed E-state index contributed by atoms with van der Waals surface area (Å²) >= 11 is 6.59. The molecule has 0 bridgehead atoms. The van der Waals surface area contributed by atoms with E-state index in [0.717, 1.165) is 59.3 Å². The first-order valence-corrected chi connectivity index (χ1v) is 15.1. The fourth-order valence-corrected chi connectivity index (χ4v) is 6.61. The molecule has 2 atom stereocenters. The first-order valence-electron chi connectivity index (χ1n) is 14.7. The molecule has 1 heterocycles. The zero-order chi connectivity index (χ0) is 28.8. The zero-order valence-electron chi connectivity index (χ0n) is 23.6. The molecule has 1 saturated heterocycles. The SMILES string of the molecule is O[C@@H](c1ccc(COC(c2ccccc2)c2ccccc2Cl)cc1)C(c1ccccc1)(c1ccccc1)N1CCCC1. The molecule has 42 heavy (non-hydrogen) atoms. The largest absolute Gasteiger partial charge is 0.386 e. The van der Waals surface area contributed by atoms with E-state index in [1.165, 1.54) is 0 Å². The van der Waals surface area contributed by atoms with Crippen LogP contribution in [-0.4, -0.2) is 23.1 Å². The quantitative estimate of drug-likeness (QED) is 0.181. The van der Waals surface area contributed by atoms with Gasteiger partial charge in [-0.1, -0.05) is 145 Å². The highest BCUT2D eigenvalue weighted by atomic mass is 35.5. The Balaban J connectivity index is 1.31. The van der Waals surface area contributed by atoms with Gasteiger partial charge in [-0.3, -0.25) is 4.90 Å². The van der Waals surface area contributed by atoms with Crippen molar-refractivity contribution in [2.75, 3.05) is 13.1 Å². The van der Waals surface area contributed by atoms with Gasteiger partial charge in [-0.2, -0.15) is 0 Å². The van der Waals surface area contributed by atoms with Crippen molar-refractivity contribution < 1.29 is 9.84 Å². The van der Waals surface area contributed by atoms with Crippen LogP contribution in [0.5, 0.6) is 0 Å². The van der Waals surface area contributed by atoms with Crippen molar-refractivity contribution in [2.24, 2.45) is 0 Å². The van der Waals surface area contributed by atoms with E-state index < -0.39 is 11.6 Å². The molecule has 0 saturated carbocycles. The Bertz CT molecular complexity index is 1510. The predicted octanol–water partition coefficient (Wildman–Crippen LogP) is 8.72. The number of halogens is 1. The minimum absolute atomic E-state index is 0.288. The number of ether oxygens (including phenoxy) is 1. The van der Waals surface area contributed by atoms with Gasteiger partial charge in [0.25, 0.3) is 0 Å². The molecule has 5 aromatic carbocycles. The molecule has 1 fully saturated rings. The van der Waals surface area contributed by atoms with Gasteiger partial charge in [0.15, 0.2) is 0 Å². The fourth-order valence-electron chi connectivity index (χ4n) is 6.37. The van der Waals surface area contributed by atoms with Crippen molar-refractivity contribution in [3.8, 4) is 0 Å². The third-order valence-corrected chi connectivity index (χ3v) is 8.77. The van der Waals surface area contributed by atoms with Crippen LogP contribution in [0.3, 0.4) is 0 Å². The van der Waals surface area contributed by atoms with E-state index in [2.05, 4.69) is 77.7 Å². The third-order valence-electron chi connectivity index (χ3n) is 8.43. The normalized spacial score (nSPS) is 15.4. The minimum Gasteiger partial charge on any atom is -0.386 e. The lowest BCUT2D eigenvalue weighted by molar-refractivity contribution is 0.000377.